The van der Waals surface area contributed by atoms with Gasteiger partial charge in [-0.1, -0.05) is 23.5 Å². The van der Waals surface area contributed by atoms with E-state index in [1.54, 1.807) is 12.1 Å². The molecule has 2 aliphatic rings. The van der Waals surface area contributed by atoms with Gasteiger partial charge in [0.1, 0.15) is 13.1 Å². The second-order valence-electron chi connectivity index (χ2n) is 6.55. The molecule has 1 aromatic rings. The standard InChI is InChI=1S/C21H26N4O2S2/c1-3-24-11-13-28-19(24)7-9-22-16-5-6-18(17(15-16)21(26)27)23-10-8-20-25(4-2)12-14-29-20/h5-10,15H,3-4,11-14H2,1-2H3,(H,26,27)/p+2. The summed E-state index contributed by atoms with van der Waals surface area (Å²) in [6.07, 6.45) is 7.75. The first-order valence-corrected chi connectivity index (χ1v) is 11.8. The molecule has 0 saturated carbocycles. The van der Waals surface area contributed by atoms with Crippen LogP contribution in [0.15, 0.2) is 42.8 Å². The maximum Gasteiger partial charge on any atom is 0.337 e. The summed E-state index contributed by atoms with van der Waals surface area (Å²) in [6.45, 7) is 8.40. The Morgan fingerprint density at radius 3 is 2.17 bits per heavy atom. The van der Waals surface area contributed by atoms with Gasteiger partial charge in [-0.2, -0.15) is 0 Å². The molecule has 3 N–H and O–H groups in total. The van der Waals surface area contributed by atoms with Gasteiger partial charge >= 0.3 is 5.97 Å². The Morgan fingerprint density at radius 2 is 1.62 bits per heavy atom. The zero-order valence-corrected chi connectivity index (χ0v) is 18.5. The van der Waals surface area contributed by atoms with E-state index in [9.17, 15) is 9.90 Å². The molecule has 2 heterocycles. The molecule has 8 heteroatoms. The van der Waals surface area contributed by atoms with Gasteiger partial charge in [-0.25, -0.2) is 13.9 Å². The Balaban J connectivity index is 1.68. The summed E-state index contributed by atoms with van der Waals surface area (Å²) in [4.78, 5) is 11.7. The average Bonchev–Trinajstić information content (AvgIpc) is 3.37. The highest BCUT2D eigenvalue weighted by Gasteiger charge is 2.19. The van der Waals surface area contributed by atoms with Crippen LogP contribution in [-0.2, 0) is 0 Å². The predicted molar refractivity (Wildman–Crippen MR) is 125 cm³/mol. The van der Waals surface area contributed by atoms with Crippen molar-refractivity contribution in [1.29, 1.82) is 0 Å². The van der Waals surface area contributed by atoms with Gasteiger partial charge < -0.3 is 15.7 Å². The summed E-state index contributed by atoms with van der Waals surface area (Å²) >= 11 is 3.66. The molecule has 0 radical (unpaired) electrons. The molecule has 29 heavy (non-hydrogen) atoms. The van der Waals surface area contributed by atoms with Crippen molar-refractivity contribution >= 4 is 51.0 Å². The molecular weight excluding hydrogens is 404 g/mol. The van der Waals surface area contributed by atoms with Gasteiger partial charge in [-0.15, -0.1) is 0 Å². The van der Waals surface area contributed by atoms with Gasteiger partial charge in [-0.3, -0.25) is 0 Å². The van der Waals surface area contributed by atoms with Crippen LogP contribution < -0.4 is 10.6 Å². The van der Waals surface area contributed by atoms with Gasteiger partial charge in [0.15, 0.2) is 13.1 Å². The molecule has 2 aliphatic heterocycles. The number of benzene rings is 1. The fourth-order valence-corrected chi connectivity index (χ4v) is 5.38. The van der Waals surface area contributed by atoms with Crippen LogP contribution in [0.25, 0.3) is 0 Å². The first-order chi connectivity index (χ1) is 14.1. The minimum absolute atomic E-state index is 0.238. The third-order valence-electron chi connectivity index (χ3n) is 4.80. The number of thioether (sulfide) groups is 2. The summed E-state index contributed by atoms with van der Waals surface area (Å²) in [6, 6.07) is 5.33. The Labute approximate surface area is 180 Å². The van der Waals surface area contributed by atoms with Crippen LogP contribution >= 0.6 is 23.5 Å². The number of rotatable bonds is 9. The van der Waals surface area contributed by atoms with Crippen LogP contribution in [0.5, 0.6) is 0 Å². The van der Waals surface area contributed by atoms with E-state index in [2.05, 4.69) is 33.6 Å². The molecule has 0 amide bonds. The smallest absolute Gasteiger partial charge is 0.337 e. The van der Waals surface area contributed by atoms with Crippen LogP contribution in [0, 0.1) is 0 Å². The fourth-order valence-electron chi connectivity index (χ4n) is 3.21. The monoisotopic (exact) mass is 432 g/mol. The summed E-state index contributed by atoms with van der Waals surface area (Å²) in [5, 5.41) is 18.4. The van der Waals surface area contributed by atoms with E-state index < -0.39 is 5.97 Å². The Hall–Kier alpha value is -2.19. The minimum Gasteiger partial charge on any atom is -0.478 e. The number of anilines is 2. The molecule has 0 fully saturated rings. The van der Waals surface area contributed by atoms with Crippen LogP contribution in [0.4, 0.5) is 11.4 Å². The third-order valence-corrected chi connectivity index (χ3v) is 6.95. The maximum atomic E-state index is 11.7. The number of nitrogens with zero attached hydrogens (tertiary/aromatic N) is 2. The topological polar surface area (TPSA) is 67.4 Å². The summed E-state index contributed by atoms with van der Waals surface area (Å²) in [7, 11) is 0. The summed E-state index contributed by atoms with van der Waals surface area (Å²) in [5.41, 5.74) is 1.56. The first kappa shape index (κ1) is 21.5. The summed E-state index contributed by atoms with van der Waals surface area (Å²) < 4.78 is 4.63. The van der Waals surface area contributed by atoms with Crippen molar-refractivity contribution in [2.75, 3.05) is 48.3 Å². The Morgan fingerprint density at radius 1 is 1.03 bits per heavy atom. The van der Waals surface area contributed by atoms with Crippen molar-refractivity contribution in [2.24, 2.45) is 0 Å². The largest absolute Gasteiger partial charge is 0.478 e. The van der Waals surface area contributed by atoms with Crippen LogP contribution in [-0.4, -0.2) is 68.0 Å². The average molecular weight is 433 g/mol. The van der Waals surface area contributed by atoms with Crippen molar-refractivity contribution in [3.05, 3.63) is 48.3 Å². The van der Waals surface area contributed by atoms with E-state index in [0.29, 0.717) is 5.69 Å². The second-order valence-corrected chi connectivity index (χ2v) is 8.78. The van der Waals surface area contributed by atoms with Gasteiger partial charge in [0.2, 0.25) is 10.1 Å². The number of carboxylic acid groups (broad SMARTS) is 1. The summed E-state index contributed by atoms with van der Waals surface area (Å²) in [5.74, 6) is 1.25. The zero-order chi connectivity index (χ0) is 20.6. The lowest BCUT2D eigenvalue weighted by Crippen LogP contribution is -2.13. The SMILES string of the molecule is CC[N+]1=C(/C=C/Nc2ccc(N/C=C/C3=[N+](CC)CCS3)c(C(=O)O)c2)SCC1. The van der Waals surface area contributed by atoms with E-state index in [-0.39, 0.29) is 5.56 Å². The Kier molecular flexibility index (Phi) is 7.83. The molecule has 0 atom stereocenters. The van der Waals surface area contributed by atoms with Crippen molar-refractivity contribution in [3.8, 4) is 0 Å². The molecule has 0 aromatic heterocycles. The molecule has 3 rings (SSSR count). The lowest BCUT2D eigenvalue weighted by atomic mass is 10.1. The highest BCUT2D eigenvalue weighted by Crippen LogP contribution is 2.22. The normalized spacial score (nSPS) is 17.2. The van der Waals surface area contributed by atoms with Crippen molar-refractivity contribution in [1.82, 2.24) is 0 Å². The van der Waals surface area contributed by atoms with Gasteiger partial charge in [0.05, 0.1) is 22.8 Å². The second kappa shape index (κ2) is 10.5. The number of hydrogen-bond donors (Lipinski definition) is 3. The molecule has 1 aromatic carbocycles. The molecular formula is C21H28N4O2S2+2. The first-order valence-electron chi connectivity index (χ1n) is 9.85. The van der Waals surface area contributed by atoms with E-state index >= 15 is 0 Å². The maximum absolute atomic E-state index is 11.7. The predicted octanol–water partition coefficient (Wildman–Crippen LogP) is 3.59. The van der Waals surface area contributed by atoms with Crippen molar-refractivity contribution in [2.45, 2.75) is 13.8 Å². The fraction of sp³-hybridized carbons (Fsp3) is 0.381. The van der Waals surface area contributed by atoms with Gasteiger partial charge in [0.25, 0.3) is 0 Å². The molecule has 0 unspecified atom stereocenters. The van der Waals surface area contributed by atoms with Crippen LogP contribution in [0.2, 0.25) is 0 Å². The highest BCUT2D eigenvalue weighted by molar-refractivity contribution is 8.14. The molecule has 0 bridgehead atoms. The number of hydrogen-bond acceptors (Lipinski definition) is 5. The van der Waals surface area contributed by atoms with Crippen molar-refractivity contribution in [3.63, 3.8) is 0 Å². The molecule has 0 spiro atoms. The molecule has 0 aliphatic carbocycles. The van der Waals surface area contributed by atoms with E-state index in [4.69, 9.17) is 0 Å². The van der Waals surface area contributed by atoms with Gasteiger partial charge in [0, 0.05) is 30.2 Å². The number of carboxylic acids is 1. The molecule has 0 saturated heterocycles. The minimum atomic E-state index is -0.954. The van der Waals surface area contributed by atoms with Crippen LogP contribution in [0.3, 0.4) is 0 Å². The van der Waals surface area contributed by atoms with E-state index in [1.807, 2.05) is 54.1 Å². The number of nitrogens with one attached hydrogen (secondary N) is 2. The van der Waals surface area contributed by atoms with E-state index in [0.717, 1.165) is 43.4 Å². The Bertz CT molecular complexity index is 891. The quantitative estimate of drug-likeness (QED) is 0.518. The zero-order valence-electron chi connectivity index (χ0n) is 16.9. The van der Waals surface area contributed by atoms with E-state index in [1.165, 1.54) is 10.1 Å². The lowest BCUT2D eigenvalue weighted by molar-refractivity contribution is -0.513. The number of carbonyl (C=O) groups is 1. The number of aromatic carboxylic acids is 1. The van der Waals surface area contributed by atoms with Crippen molar-refractivity contribution < 1.29 is 19.1 Å². The lowest BCUT2D eigenvalue weighted by Gasteiger charge is -2.08. The molecule has 6 nitrogen and oxygen atoms in total. The highest BCUT2D eigenvalue weighted by atomic mass is 32.2. The third kappa shape index (κ3) is 5.67. The molecule has 154 valence electrons. The van der Waals surface area contributed by atoms with Gasteiger partial charge in [-0.05, 0) is 32.0 Å². The van der Waals surface area contributed by atoms with Crippen LogP contribution in [0.1, 0.15) is 24.2 Å².